The van der Waals surface area contributed by atoms with E-state index in [9.17, 15) is 4.79 Å². The molecular formula is C13H16BrN3O2. The molecule has 3 heterocycles. The number of aromatic nitrogens is 1. The van der Waals surface area contributed by atoms with Gasteiger partial charge in [-0.15, -0.1) is 0 Å². The summed E-state index contributed by atoms with van der Waals surface area (Å²) in [4.78, 5) is 20.4. The molecule has 5 nitrogen and oxygen atoms in total. The van der Waals surface area contributed by atoms with Crippen LogP contribution in [0.15, 0.2) is 22.9 Å². The highest BCUT2D eigenvalue weighted by Crippen LogP contribution is 2.31. The fourth-order valence-corrected chi connectivity index (χ4v) is 3.00. The Hall–Kier alpha value is -1.14. The Morgan fingerprint density at radius 1 is 1.37 bits per heavy atom. The monoisotopic (exact) mass is 325 g/mol. The summed E-state index contributed by atoms with van der Waals surface area (Å²) in [6.45, 7) is 4.37. The van der Waals surface area contributed by atoms with Crippen LogP contribution >= 0.6 is 15.9 Å². The number of hydrogen-bond acceptors (Lipinski definition) is 4. The number of hydrogen-bond donors (Lipinski definition) is 0. The van der Waals surface area contributed by atoms with E-state index in [4.69, 9.17) is 4.74 Å². The molecule has 0 aromatic carbocycles. The molecule has 0 spiro atoms. The topological polar surface area (TPSA) is 45.7 Å². The molecule has 2 fully saturated rings. The van der Waals surface area contributed by atoms with Crippen LogP contribution in [0.25, 0.3) is 0 Å². The van der Waals surface area contributed by atoms with Gasteiger partial charge < -0.3 is 14.5 Å². The number of amides is 1. The number of rotatable bonds is 2. The molecule has 0 aliphatic carbocycles. The van der Waals surface area contributed by atoms with Crippen molar-refractivity contribution in [3.63, 3.8) is 0 Å². The quantitative estimate of drug-likeness (QED) is 0.818. The number of morpholine rings is 1. The van der Waals surface area contributed by atoms with Gasteiger partial charge in [0.05, 0.1) is 29.3 Å². The van der Waals surface area contributed by atoms with Crippen molar-refractivity contribution in [1.29, 1.82) is 0 Å². The third kappa shape index (κ3) is 2.60. The summed E-state index contributed by atoms with van der Waals surface area (Å²) < 4.78 is 6.25. The Morgan fingerprint density at radius 2 is 2.11 bits per heavy atom. The zero-order valence-corrected chi connectivity index (χ0v) is 12.2. The summed E-state index contributed by atoms with van der Waals surface area (Å²) in [7, 11) is 0. The van der Waals surface area contributed by atoms with Crippen molar-refractivity contribution in [2.45, 2.75) is 0 Å². The van der Waals surface area contributed by atoms with Gasteiger partial charge >= 0.3 is 0 Å². The maximum atomic E-state index is 12.3. The normalized spacial score (nSPS) is 20.3. The Labute approximate surface area is 120 Å². The van der Waals surface area contributed by atoms with E-state index in [0.717, 1.165) is 36.3 Å². The zero-order chi connectivity index (χ0) is 13.2. The molecule has 102 valence electrons. The first-order valence-electron chi connectivity index (χ1n) is 6.46. The SMILES string of the molecule is O=C(C1CN(c2ccncc2Br)C1)N1CCOCC1. The number of nitrogens with zero attached hydrogens (tertiary/aromatic N) is 3. The predicted octanol–water partition coefficient (Wildman–Crippen LogP) is 1.14. The van der Waals surface area contributed by atoms with E-state index in [2.05, 4.69) is 25.8 Å². The van der Waals surface area contributed by atoms with E-state index in [1.165, 1.54) is 0 Å². The van der Waals surface area contributed by atoms with Gasteiger partial charge in [-0.2, -0.15) is 0 Å². The molecule has 0 saturated carbocycles. The molecule has 2 aliphatic heterocycles. The third-order valence-corrected chi connectivity index (χ3v) is 4.26. The lowest BCUT2D eigenvalue weighted by molar-refractivity contribution is -0.140. The lowest BCUT2D eigenvalue weighted by atomic mass is 9.97. The second-order valence-electron chi connectivity index (χ2n) is 4.87. The second kappa shape index (κ2) is 5.46. The number of anilines is 1. The first-order valence-corrected chi connectivity index (χ1v) is 7.26. The van der Waals surface area contributed by atoms with Crippen LogP contribution in [0.2, 0.25) is 0 Å². The van der Waals surface area contributed by atoms with Crippen LogP contribution in [0.1, 0.15) is 0 Å². The maximum Gasteiger partial charge on any atom is 0.229 e. The molecule has 0 unspecified atom stereocenters. The van der Waals surface area contributed by atoms with Gasteiger partial charge in [0.25, 0.3) is 0 Å². The average Bonchev–Trinajstić information content (AvgIpc) is 2.40. The predicted molar refractivity (Wildman–Crippen MR) is 75.0 cm³/mol. The van der Waals surface area contributed by atoms with Gasteiger partial charge in [0.1, 0.15) is 0 Å². The molecule has 1 aromatic rings. The van der Waals surface area contributed by atoms with Crippen LogP contribution in [0.5, 0.6) is 0 Å². The van der Waals surface area contributed by atoms with E-state index in [-0.39, 0.29) is 11.8 Å². The molecule has 0 bridgehead atoms. The minimum atomic E-state index is 0.123. The molecule has 1 amide bonds. The molecule has 2 aliphatic rings. The molecule has 0 atom stereocenters. The molecular weight excluding hydrogens is 310 g/mol. The van der Waals surface area contributed by atoms with Crippen LogP contribution in [-0.4, -0.2) is 55.2 Å². The van der Waals surface area contributed by atoms with Gasteiger partial charge in [0.15, 0.2) is 0 Å². The maximum absolute atomic E-state index is 12.3. The summed E-state index contributed by atoms with van der Waals surface area (Å²) in [5.41, 5.74) is 1.11. The molecule has 2 saturated heterocycles. The number of carbonyl (C=O) groups is 1. The minimum absolute atomic E-state index is 0.123. The molecule has 1 aromatic heterocycles. The van der Waals surface area contributed by atoms with Crippen LogP contribution < -0.4 is 4.90 Å². The van der Waals surface area contributed by atoms with Crippen LogP contribution in [0.3, 0.4) is 0 Å². The molecule has 0 N–H and O–H groups in total. The van der Waals surface area contributed by atoms with Gasteiger partial charge in [-0.25, -0.2) is 0 Å². The first-order chi connectivity index (χ1) is 9.25. The molecule has 6 heteroatoms. The molecule has 3 rings (SSSR count). The average molecular weight is 326 g/mol. The highest BCUT2D eigenvalue weighted by molar-refractivity contribution is 9.10. The van der Waals surface area contributed by atoms with Crippen molar-refractivity contribution in [3.05, 3.63) is 22.9 Å². The van der Waals surface area contributed by atoms with Gasteiger partial charge in [0.2, 0.25) is 5.91 Å². The van der Waals surface area contributed by atoms with Gasteiger partial charge in [0, 0.05) is 38.6 Å². The number of pyridine rings is 1. The smallest absolute Gasteiger partial charge is 0.229 e. The van der Waals surface area contributed by atoms with E-state index in [1.54, 1.807) is 12.4 Å². The van der Waals surface area contributed by atoms with E-state index in [1.807, 2.05) is 11.0 Å². The summed E-state index contributed by atoms with van der Waals surface area (Å²) in [6.07, 6.45) is 3.56. The number of ether oxygens (including phenoxy) is 1. The van der Waals surface area contributed by atoms with Crippen LogP contribution in [-0.2, 0) is 9.53 Å². The highest BCUT2D eigenvalue weighted by atomic mass is 79.9. The number of carbonyl (C=O) groups excluding carboxylic acids is 1. The summed E-state index contributed by atoms with van der Waals surface area (Å²) in [6, 6.07) is 1.97. The largest absolute Gasteiger partial charge is 0.378 e. The fraction of sp³-hybridized carbons (Fsp3) is 0.538. The van der Waals surface area contributed by atoms with Crippen molar-refractivity contribution in [2.75, 3.05) is 44.3 Å². The summed E-state index contributed by atoms with van der Waals surface area (Å²) in [5.74, 6) is 0.392. The Kier molecular flexibility index (Phi) is 3.70. The standard InChI is InChI=1S/C13H16BrN3O2/c14-11-7-15-2-1-12(11)17-8-10(9-17)13(18)16-3-5-19-6-4-16/h1-2,7,10H,3-6,8-9H2. The summed E-state index contributed by atoms with van der Waals surface area (Å²) in [5, 5.41) is 0. The van der Waals surface area contributed by atoms with Gasteiger partial charge in [-0.3, -0.25) is 9.78 Å². The minimum Gasteiger partial charge on any atom is -0.378 e. The van der Waals surface area contributed by atoms with E-state index < -0.39 is 0 Å². The lowest BCUT2D eigenvalue weighted by Gasteiger charge is -2.43. The second-order valence-corrected chi connectivity index (χ2v) is 5.72. The Balaban J connectivity index is 1.57. The zero-order valence-electron chi connectivity index (χ0n) is 10.6. The Bertz CT molecular complexity index is 471. The van der Waals surface area contributed by atoms with Crippen molar-refractivity contribution in [3.8, 4) is 0 Å². The van der Waals surface area contributed by atoms with Crippen molar-refractivity contribution < 1.29 is 9.53 Å². The number of halogens is 1. The third-order valence-electron chi connectivity index (χ3n) is 3.65. The van der Waals surface area contributed by atoms with Crippen molar-refractivity contribution in [1.82, 2.24) is 9.88 Å². The molecule has 19 heavy (non-hydrogen) atoms. The summed E-state index contributed by atoms with van der Waals surface area (Å²) >= 11 is 3.49. The van der Waals surface area contributed by atoms with E-state index >= 15 is 0 Å². The highest BCUT2D eigenvalue weighted by Gasteiger charge is 2.36. The first kappa shape index (κ1) is 12.9. The van der Waals surface area contributed by atoms with Crippen LogP contribution in [0.4, 0.5) is 5.69 Å². The lowest BCUT2D eigenvalue weighted by Crippen LogP contribution is -2.56. The van der Waals surface area contributed by atoms with Crippen molar-refractivity contribution >= 4 is 27.5 Å². The molecule has 0 radical (unpaired) electrons. The van der Waals surface area contributed by atoms with Gasteiger partial charge in [-0.1, -0.05) is 0 Å². The van der Waals surface area contributed by atoms with Crippen LogP contribution in [0, 0.1) is 5.92 Å². The van der Waals surface area contributed by atoms with E-state index in [0.29, 0.717) is 13.2 Å². The Morgan fingerprint density at radius 3 is 2.79 bits per heavy atom. The van der Waals surface area contributed by atoms with Crippen molar-refractivity contribution in [2.24, 2.45) is 5.92 Å². The fourth-order valence-electron chi connectivity index (χ4n) is 2.50. The van der Waals surface area contributed by atoms with Gasteiger partial charge in [-0.05, 0) is 22.0 Å².